The van der Waals surface area contributed by atoms with Crippen LogP contribution in [0.1, 0.15) is 25.8 Å². The van der Waals surface area contributed by atoms with Crippen molar-refractivity contribution in [2.75, 3.05) is 33.4 Å². The van der Waals surface area contributed by atoms with Crippen molar-refractivity contribution in [3.63, 3.8) is 0 Å². The van der Waals surface area contributed by atoms with Crippen LogP contribution in [0.25, 0.3) is 0 Å². The van der Waals surface area contributed by atoms with Crippen LogP contribution in [0.2, 0.25) is 0 Å². The summed E-state index contributed by atoms with van der Waals surface area (Å²) in [4.78, 5) is 2.59. The number of halogens is 1. The van der Waals surface area contributed by atoms with Crippen LogP contribution in [-0.4, -0.2) is 49.8 Å². The molecule has 0 saturated carbocycles. The average molecular weight is 355 g/mol. The first kappa shape index (κ1) is 16.9. The Labute approximate surface area is 137 Å². The Morgan fingerprint density at radius 3 is 2.67 bits per heavy atom. The van der Waals surface area contributed by atoms with Crippen molar-refractivity contribution in [2.45, 2.75) is 38.3 Å². The van der Waals surface area contributed by atoms with E-state index in [2.05, 4.69) is 71.3 Å². The molecular weight excluding hydrogens is 328 g/mol. The SMILES string of the molecule is CCC(C)(C(Cc1cccc(Br)c1)NC)N1CCOCC1. The van der Waals surface area contributed by atoms with Crippen molar-refractivity contribution < 1.29 is 4.74 Å². The normalized spacial score (nSPS) is 21.0. The van der Waals surface area contributed by atoms with Crippen molar-refractivity contribution in [2.24, 2.45) is 0 Å². The maximum Gasteiger partial charge on any atom is 0.0594 e. The van der Waals surface area contributed by atoms with Crippen molar-refractivity contribution in [3.8, 4) is 0 Å². The molecule has 1 aromatic carbocycles. The molecule has 4 heteroatoms. The van der Waals surface area contributed by atoms with Gasteiger partial charge in [0, 0.05) is 29.1 Å². The number of rotatable bonds is 6. The molecule has 0 aromatic heterocycles. The van der Waals surface area contributed by atoms with Crippen LogP contribution in [0.15, 0.2) is 28.7 Å². The number of morpholine rings is 1. The Balaban J connectivity index is 2.16. The molecule has 0 aliphatic carbocycles. The molecule has 0 spiro atoms. The average Bonchev–Trinajstić information content (AvgIpc) is 2.53. The lowest BCUT2D eigenvalue weighted by atomic mass is 9.83. The summed E-state index contributed by atoms with van der Waals surface area (Å²) in [7, 11) is 2.08. The molecule has 1 heterocycles. The van der Waals surface area contributed by atoms with E-state index in [1.165, 1.54) is 5.56 Å². The Morgan fingerprint density at radius 2 is 2.10 bits per heavy atom. The van der Waals surface area contributed by atoms with Crippen LogP contribution < -0.4 is 5.32 Å². The number of nitrogens with one attached hydrogen (secondary N) is 1. The van der Waals surface area contributed by atoms with Gasteiger partial charge in [0.1, 0.15) is 0 Å². The van der Waals surface area contributed by atoms with Crippen molar-refractivity contribution in [3.05, 3.63) is 34.3 Å². The van der Waals surface area contributed by atoms with Crippen LogP contribution in [-0.2, 0) is 11.2 Å². The van der Waals surface area contributed by atoms with Gasteiger partial charge in [-0.25, -0.2) is 0 Å². The highest BCUT2D eigenvalue weighted by molar-refractivity contribution is 9.10. The lowest BCUT2D eigenvalue weighted by Crippen LogP contribution is -2.61. The molecule has 1 N–H and O–H groups in total. The Bertz CT molecular complexity index is 448. The van der Waals surface area contributed by atoms with Gasteiger partial charge in [-0.15, -0.1) is 0 Å². The van der Waals surface area contributed by atoms with E-state index in [-0.39, 0.29) is 5.54 Å². The molecule has 21 heavy (non-hydrogen) atoms. The highest BCUT2D eigenvalue weighted by atomic mass is 79.9. The third kappa shape index (κ3) is 4.07. The molecule has 2 unspecified atom stereocenters. The molecule has 2 rings (SSSR count). The van der Waals surface area contributed by atoms with E-state index in [1.54, 1.807) is 0 Å². The molecule has 1 saturated heterocycles. The van der Waals surface area contributed by atoms with Crippen molar-refractivity contribution in [1.29, 1.82) is 0 Å². The maximum absolute atomic E-state index is 5.52. The van der Waals surface area contributed by atoms with Gasteiger partial charge in [0.2, 0.25) is 0 Å². The molecule has 118 valence electrons. The van der Waals surface area contributed by atoms with Gasteiger partial charge in [-0.3, -0.25) is 4.90 Å². The smallest absolute Gasteiger partial charge is 0.0594 e. The third-order valence-electron chi connectivity index (χ3n) is 4.88. The summed E-state index contributed by atoms with van der Waals surface area (Å²) in [5.74, 6) is 0. The zero-order valence-electron chi connectivity index (χ0n) is 13.4. The lowest BCUT2D eigenvalue weighted by molar-refractivity contribution is -0.0313. The topological polar surface area (TPSA) is 24.5 Å². The highest BCUT2D eigenvalue weighted by Gasteiger charge is 2.38. The van der Waals surface area contributed by atoms with Gasteiger partial charge in [0.25, 0.3) is 0 Å². The number of hydrogen-bond donors (Lipinski definition) is 1. The third-order valence-corrected chi connectivity index (χ3v) is 5.37. The van der Waals surface area contributed by atoms with Gasteiger partial charge in [0.05, 0.1) is 13.2 Å². The zero-order valence-corrected chi connectivity index (χ0v) is 14.9. The minimum Gasteiger partial charge on any atom is -0.379 e. The number of likely N-dealkylation sites (N-methyl/N-ethyl adjacent to an activating group) is 1. The molecule has 3 nitrogen and oxygen atoms in total. The molecule has 1 aromatic rings. The summed E-state index contributed by atoms with van der Waals surface area (Å²) in [5.41, 5.74) is 1.53. The van der Waals surface area contributed by atoms with Crippen LogP contribution >= 0.6 is 15.9 Å². The maximum atomic E-state index is 5.52. The molecule has 0 radical (unpaired) electrons. The van der Waals surface area contributed by atoms with E-state index in [0.717, 1.165) is 43.6 Å². The van der Waals surface area contributed by atoms with Crippen LogP contribution in [0, 0.1) is 0 Å². The first-order chi connectivity index (χ1) is 10.1. The van der Waals surface area contributed by atoms with Gasteiger partial charge in [-0.1, -0.05) is 35.0 Å². The zero-order chi connectivity index (χ0) is 15.3. The fourth-order valence-electron chi connectivity index (χ4n) is 3.30. The van der Waals surface area contributed by atoms with Crippen molar-refractivity contribution in [1.82, 2.24) is 10.2 Å². The standard InChI is InChI=1S/C17H27BrN2O/c1-4-17(2,20-8-10-21-11-9-20)16(19-3)13-14-6-5-7-15(18)12-14/h5-7,12,16,19H,4,8-11,13H2,1-3H3. The summed E-state index contributed by atoms with van der Waals surface area (Å²) < 4.78 is 6.67. The molecule has 2 atom stereocenters. The molecule has 1 fully saturated rings. The fourth-order valence-corrected chi connectivity index (χ4v) is 3.74. The van der Waals surface area contributed by atoms with Crippen LogP contribution in [0.4, 0.5) is 0 Å². The first-order valence-electron chi connectivity index (χ1n) is 7.84. The quantitative estimate of drug-likeness (QED) is 0.849. The molecule has 0 amide bonds. The van der Waals surface area contributed by atoms with Gasteiger partial charge in [0.15, 0.2) is 0 Å². The van der Waals surface area contributed by atoms with E-state index in [4.69, 9.17) is 4.74 Å². The second kappa shape index (κ2) is 7.73. The number of ether oxygens (including phenoxy) is 1. The summed E-state index contributed by atoms with van der Waals surface area (Å²) >= 11 is 3.57. The number of benzene rings is 1. The van der Waals surface area contributed by atoms with Crippen molar-refractivity contribution >= 4 is 15.9 Å². The summed E-state index contributed by atoms with van der Waals surface area (Å²) in [6, 6.07) is 9.06. The summed E-state index contributed by atoms with van der Waals surface area (Å²) in [6.07, 6.45) is 2.17. The van der Waals surface area contributed by atoms with E-state index in [1.807, 2.05) is 0 Å². The van der Waals surface area contributed by atoms with Crippen LogP contribution in [0.5, 0.6) is 0 Å². The molecule has 1 aliphatic heterocycles. The summed E-state index contributed by atoms with van der Waals surface area (Å²) in [6.45, 7) is 8.44. The van der Waals surface area contributed by atoms with E-state index < -0.39 is 0 Å². The second-order valence-corrected chi connectivity index (χ2v) is 6.90. The van der Waals surface area contributed by atoms with E-state index in [0.29, 0.717) is 6.04 Å². The summed E-state index contributed by atoms with van der Waals surface area (Å²) in [5, 5.41) is 3.56. The highest BCUT2D eigenvalue weighted by Crippen LogP contribution is 2.27. The van der Waals surface area contributed by atoms with Crippen LogP contribution in [0.3, 0.4) is 0 Å². The lowest BCUT2D eigenvalue weighted by Gasteiger charge is -2.48. The predicted octanol–water partition coefficient (Wildman–Crippen LogP) is 3.08. The molecule has 0 bridgehead atoms. The molecular formula is C17H27BrN2O. The second-order valence-electron chi connectivity index (χ2n) is 5.99. The minimum absolute atomic E-state index is 0.154. The monoisotopic (exact) mass is 354 g/mol. The van der Waals surface area contributed by atoms with E-state index in [9.17, 15) is 0 Å². The largest absolute Gasteiger partial charge is 0.379 e. The fraction of sp³-hybridized carbons (Fsp3) is 0.647. The number of hydrogen-bond acceptors (Lipinski definition) is 3. The Morgan fingerprint density at radius 1 is 1.38 bits per heavy atom. The molecule has 1 aliphatic rings. The predicted molar refractivity (Wildman–Crippen MR) is 91.8 cm³/mol. The van der Waals surface area contributed by atoms with Gasteiger partial charge < -0.3 is 10.1 Å². The Kier molecular flexibility index (Phi) is 6.23. The van der Waals surface area contributed by atoms with Gasteiger partial charge in [-0.2, -0.15) is 0 Å². The first-order valence-corrected chi connectivity index (χ1v) is 8.64. The van der Waals surface area contributed by atoms with Gasteiger partial charge >= 0.3 is 0 Å². The minimum atomic E-state index is 0.154. The van der Waals surface area contributed by atoms with Gasteiger partial charge in [-0.05, 0) is 44.5 Å². The van der Waals surface area contributed by atoms with E-state index >= 15 is 0 Å². The Hall–Kier alpha value is -0.420. The number of nitrogens with zero attached hydrogens (tertiary/aromatic N) is 1.